The molecule has 0 fully saturated rings. The molecule has 0 amide bonds. The van der Waals surface area contributed by atoms with Gasteiger partial charge in [-0.25, -0.2) is 4.98 Å². The van der Waals surface area contributed by atoms with Gasteiger partial charge in [-0.05, 0) is 20.8 Å². The first kappa shape index (κ1) is 16.2. The van der Waals surface area contributed by atoms with Crippen LogP contribution in [0.2, 0.25) is 5.15 Å². The van der Waals surface area contributed by atoms with Crippen molar-refractivity contribution in [2.75, 3.05) is 13.2 Å². The van der Waals surface area contributed by atoms with E-state index in [9.17, 15) is 0 Å². The lowest BCUT2D eigenvalue weighted by molar-refractivity contribution is 0.0626. The molecule has 19 heavy (non-hydrogen) atoms. The summed E-state index contributed by atoms with van der Waals surface area (Å²) in [4.78, 5) is 8.80. The highest BCUT2D eigenvalue weighted by Gasteiger charge is 2.22. The zero-order chi connectivity index (χ0) is 14.6. The van der Waals surface area contributed by atoms with Crippen LogP contribution in [-0.2, 0) is 10.2 Å². The molecule has 1 aromatic rings. The Kier molecular flexibility index (Phi) is 5.56. The first-order chi connectivity index (χ1) is 8.75. The number of aromatic nitrogens is 2. The summed E-state index contributed by atoms with van der Waals surface area (Å²) < 4.78 is 11.1. The van der Waals surface area contributed by atoms with E-state index in [0.717, 1.165) is 5.56 Å². The van der Waals surface area contributed by atoms with Gasteiger partial charge >= 0.3 is 0 Å². The summed E-state index contributed by atoms with van der Waals surface area (Å²) in [6.07, 6.45) is -0.0718. The summed E-state index contributed by atoms with van der Waals surface area (Å²) in [5.74, 6) is 1.22. The fourth-order valence-corrected chi connectivity index (χ4v) is 1.59. The fourth-order valence-electron chi connectivity index (χ4n) is 1.43. The largest absolute Gasteiger partial charge is 0.472 e. The van der Waals surface area contributed by atoms with Crippen molar-refractivity contribution in [1.82, 2.24) is 9.97 Å². The highest BCUT2D eigenvalue weighted by Crippen LogP contribution is 2.27. The van der Waals surface area contributed by atoms with Crippen molar-refractivity contribution in [3.8, 4) is 5.88 Å². The van der Waals surface area contributed by atoms with Crippen molar-refractivity contribution in [2.45, 2.75) is 53.1 Å². The molecule has 4 nitrogen and oxygen atoms in total. The van der Waals surface area contributed by atoms with Gasteiger partial charge in [0.2, 0.25) is 5.88 Å². The maximum absolute atomic E-state index is 6.15. The predicted molar refractivity (Wildman–Crippen MR) is 77.1 cm³/mol. The Bertz CT molecular complexity index is 430. The van der Waals surface area contributed by atoms with E-state index in [1.807, 2.05) is 41.5 Å². The van der Waals surface area contributed by atoms with Crippen molar-refractivity contribution >= 4 is 11.6 Å². The van der Waals surface area contributed by atoms with E-state index >= 15 is 0 Å². The van der Waals surface area contributed by atoms with E-state index < -0.39 is 0 Å². The minimum Gasteiger partial charge on any atom is -0.472 e. The van der Waals surface area contributed by atoms with Crippen LogP contribution in [0, 0.1) is 6.92 Å². The molecule has 0 bridgehead atoms. The zero-order valence-electron chi connectivity index (χ0n) is 12.6. The number of hydrogen-bond acceptors (Lipinski definition) is 4. The second-order valence-corrected chi connectivity index (χ2v) is 5.96. The maximum atomic E-state index is 6.15. The summed E-state index contributed by atoms with van der Waals surface area (Å²) >= 11 is 6.15. The molecule has 0 aliphatic carbocycles. The molecular formula is C14H23ClN2O2. The molecule has 0 saturated heterocycles. The number of ether oxygens (including phenoxy) is 2. The molecular weight excluding hydrogens is 264 g/mol. The Morgan fingerprint density at radius 3 is 2.42 bits per heavy atom. The van der Waals surface area contributed by atoms with Gasteiger partial charge in [0.25, 0.3) is 0 Å². The molecule has 1 aromatic heterocycles. The van der Waals surface area contributed by atoms with Crippen molar-refractivity contribution in [3.63, 3.8) is 0 Å². The summed E-state index contributed by atoms with van der Waals surface area (Å²) in [6.45, 7) is 13.1. The molecule has 5 heteroatoms. The lowest BCUT2D eigenvalue weighted by Gasteiger charge is -2.21. The molecule has 0 saturated carbocycles. The summed E-state index contributed by atoms with van der Waals surface area (Å²) in [5.41, 5.74) is 0.594. The highest BCUT2D eigenvalue weighted by atomic mass is 35.5. The molecule has 0 aromatic carbocycles. The highest BCUT2D eigenvalue weighted by molar-refractivity contribution is 6.30. The Morgan fingerprint density at radius 1 is 1.26 bits per heavy atom. The van der Waals surface area contributed by atoms with E-state index in [0.29, 0.717) is 30.1 Å². The third-order valence-corrected chi connectivity index (χ3v) is 2.95. The second-order valence-electron chi connectivity index (χ2n) is 5.61. The van der Waals surface area contributed by atoms with Crippen LogP contribution >= 0.6 is 11.6 Å². The van der Waals surface area contributed by atoms with Gasteiger partial charge in [0.05, 0.1) is 6.61 Å². The Morgan fingerprint density at radius 2 is 1.89 bits per heavy atom. The minimum atomic E-state index is -0.168. The predicted octanol–water partition coefficient (Wildman–Crippen LogP) is 3.54. The number of halogens is 1. The molecule has 0 spiro atoms. The Balaban J connectivity index is 2.96. The van der Waals surface area contributed by atoms with Crippen LogP contribution in [0.4, 0.5) is 0 Å². The van der Waals surface area contributed by atoms with Crippen molar-refractivity contribution in [1.29, 1.82) is 0 Å². The van der Waals surface area contributed by atoms with Gasteiger partial charge in [-0.3, -0.25) is 0 Å². The van der Waals surface area contributed by atoms with Crippen molar-refractivity contribution in [2.24, 2.45) is 0 Å². The molecule has 0 aliphatic heterocycles. The van der Waals surface area contributed by atoms with Gasteiger partial charge in [0, 0.05) is 17.6 Å². The van der Waals surface area contributed by atoms with Crippen LogP contribution in [0.3, 0.4) is 0 Å². The van der Waals surface area contributed by atoms with Gasteiger partial charge in [-0.1, -0.05) is 32.4 Å². The van der Waals surface area contributed by atoms with Crippen LogP contribution < -0.4 is 4.74 Å². The van der Waals surface area contributed by atoms with E-state index in [1.54, 1.807) is 0 Å². The van der Waals surface area contributed by atoms with E-state index in [4.69, 9.17) is 21.1 Å². The van der Waals surface area contributed by atoms with Crippen LogP contribution in [0.15, 0.2) is 0 Å². The second kappa shape index (κ2) is 6.53. The third kappa shape index (κ3) is 4.62. The van der Waals surface area contributed by atoms with Crippen LogP contribution in [0.1, 0.15) is 46.0 Å². The third-order valence-electron chi connectivity index (χ3n) is 2.58. The standard InChI is InChI=1S/C14H23ClN2O2/c1-7-18-8-9(2)19-12-10(3)11(15)16-13(17-12)14(4,5)6/h9H,7-8H2,1-6H3. The van der Waals surface area contributed by atoms with E-state index in [1.165, 1.54) is 0 Å². The van der Waals surface area contributed by atoms with Gasteiger partial charge in [-0.2, -0.15) is 4.98 Å². The zero-order valence-corrected chi connectivity index (χ0v) is 13.3. The smallest absolute Gasteiger partial charge is 0.221 e. The van der Waals surface area contributed by atoms with Gasteiger partial charge in [-0.15, -0.1) is 0 Å². The monoisotopic (exact) mass is 286 g/mol. The molecule has 1 unspecified atom stereocenters. The molecule has 1 rings (SSSR count). The van der Waals surface area contributed by atoms with Crippen LogP contribution in [0.5, 0.6) is 5.88 Å². The summed E-state index contributed by atoms with van der Waals surface area (Å²) in [6, 6.07) is 0. The minimum absolute atomic E-state index is 0.0718. The van der Waals surface area contributed by atoms with Gasteiger partial charge in [0.15, 0.2) is 0 Å². The average Bonchev–Trinajstić information content (AvgIpc) is 2.30. The van der Waals surface area contributed by atoms with E-state index in [2.05, 4.69) is 9.97 Å². The van der Waals surface area contributed by atoms with Crippen LogP contribution in [-0.4, -0.2) is 29.3 Å². The summed E-state index contributed by atoms with van der Waals surface area (Å²) in [7, 11) is 0. The Labute approximate surface area is 120 Å². The first-order valence-electron chi connectivity index (χ1n) is 6.54. The fraction of sp³-hybridized carbons (Fsp3) is 0.714. The lowest BCUT2D eigenvalue weighted by Crippen LogP contribution is -2.22. The quantitative estimate of drug-likeness (QED) is 0.777. The van der Waals surface area contributed by atoms with Gasteiger partial charge < -0.3 is 9.47 Å². The lowest BCUT2D eigenvalue weighted by atomic mass is 9.96. The summed E-state index contributed by atoms with van der Waals surface area (Å²) in [5, 5.41) is 0.443. The molecule has 1 heterocycles. The topological polar surface area (TPSA) is 44.2 Å². The first-order valence-corrected chi connectivity index (χ1v) is 6.92. The average molecular weight is 287 g/mol. The molecule has 0 radical (unpaired) electrons. The van der Waals surface area contributed by atoms with Gasteiger partial charge in [0.1, 0.15) is 17.1 Å². The SMILES string of the molecule is CCOCC(C)Oc1nc(C(C)(C)C)nc(Cl)c1C. The number of hydrogen-bond donors (Lipinski definition) is 0. The molecule has 0 N–H and O–H groups in total. The van der Waals surface area contributed by atoms with Crippen LogP contribution in [0.25, 0.3) is 0 Å². The van der Waals surface area contributed by atoms with Crippen molar-refractivity contribution in [3.05, 3.63) is 16.5 Å². The molecule has 108 valence electrons. The maximum Gasteiger partial charge on any atom is 0.221 e. The molecule has 1 atom stereocenters. The number of nitrogens with zero attached hydrogens (tertiary/aromatic N) is 2. The van der Waals surface area contributed by atoms with Crippen molar-refractivity contribution < 1.29 is 9.47 Å². The number of rotatable bonds is 5. The normalized spacial score (nSPS) is 13.4. The van der Waals surface area contributed by atoms with E-state index in [-0.39, 0.29) is 11.5 Å². The molecule has 0 aliphatic rings. The Hall–Kier alpha value is -0.870.